The number of amides is 2. The van der Waals surface area contributed by atoms with Gasteiger partial charge < -0.3 is 19.5 Å². The van der Waals surface area contributed by atoms with Crippen LogP contribution in [0.2, 0.25) is 0 Å². The number of carbonyl (C=O) groups excluding carboxylic acids is 3. The van der Waals surface area contributed by atoms with Crippen LogP contribution in [0.4, 0.5) is 0 Å². The molecular weight excluding hydrogens is 548 g/mol. The van der Waals surface area contributed by atoms with Crippen molar-refractivity contribution < 1.29 is 28.6 Å². The molecule has 2 amide bonds. The average molecular weight is 577 g/mol. The Labute approximate surface area is 241 Å². The van der Waals surface area contributed by atoms with Crippen molar-refractivity contribution >= 4 is 41.3 Å². The molecular formula is C30H28N2O6S2. The SMILES string of the molecule is COCSC1=C(C(=O)OC(c2ccccc2)c2ccccc2)N2C(=O)[C@@H](Oc3ccccc3)[C@H]2SC1NC(C)=O. The van der Waals surface area contributed by atoms with Gasteiger partial charge in [0, 0.05) is 14.0 Å². The van der Waals surface area contributed by atoms with E-state index >= 15 is 0 Å². The minimum atomic E-state index is -0.834. The monoisotopic (exact) mass is 576 g/mol. The molecule has 1 unspecified atom stereocenters. The van der Waals surface area contributed by atoms with E-state index in [1.165, 1.54) is 42.5 Å². The molecule has 0 bridgehead atoms. The molecule has 2 heterocycles. The number of nitrogens with zero attached hydrogens (tertiary/aromatic N) is 1. The third-order valence-corrected chi connectivity index (χ3v) is 8.88. The summed E-state index contributed by atoms with van der Waals surface area (Å²) < 4.78 is 17.5. The minimum absolute atomic E-state index is 0.0827. The molecule has 40 heavy (non-hydrogen) atoms. The Balaban J connectivity index is 1.52. The number of fused-ring (bicyclic) bond motifs is 1. The third-order valence-electron chi connectivity index (χ3n) is 6.28. The predicted octanol–water partition coefficient (Wildman–Crippen LogP) is 4.69. The van der Waals surface area contributed by atoms with Gasteiger partial charge in [0.1, 0.15) is 22.2 Å². The number of esters is 1. The van der Waals surface area contributed by atoms with Gasteiger partial charge in [0.05, 0.1) is 10.8 Å². The van der Waals surface area contributed by atoms with Gasteiger partial charge in [-0.15, -0.1) is 11.8 Å². The molecule has 0 radical (unpaired) electrons. The number of thioether (sulfide) groups is 2. The van der Waals surface area contributed by atoms with Crippen LogP contribution in [0, 0.1) is 0 Å². The second-order valence-corrected chi connectivity index (χ2v) is 11.2. The van der Waals surface area contributed by atoms with Crippen LogP contribution in [0.1, 0.15) is 24.2 Å². The van der Waals surface area contributed by atoms with Crippen LogP contribution in [-0.2, 0) is 23.9 Å². The molecule has 10 heteroatoms. The summed E-state index contributed by atoms with van der Waals surface area (Å²) in [6, 6.07) is 27.9. The quantitative estimate of drug-likeness (QED) is 0.211. The fourth-order valence-electron chi connectivity index (χ4n) is 4.50. The van der Waals surface area contributed by atoms with E-state index in [4.69, 9.17) is 14.2 Å². The zero-order valence-corrected chi connectivity index (χ0v) is 23.5. The molecule has 2 aliphatic heterocycles. The standard InChI is InChI=1S/C30H28N2O6S2/c1-19(33)31-27-26(39-18-36-2)23(32-28(34)25(29(32)40-27)37-22-16-10-5-11-17-22)30(35)38-24(20-12-6-3-7-13-20)21-14-8-4-9-15-21/h3-17,24-25,27,29H,18H2,1-2H3,(H,31,33)/t25-,27?,29-/m1/s1. The maximum Gasteiger partial charge on any atom is 0.356 e. The molecule has 1 N–H and O–H groups in total. The Hall–Kier alpha value is -3.73. The summed E-state index contributed by atoms with van der Waals surface area (Å²) in [5.41, 5.74) is 1.66. The number of hydrogen-bond acceptors (Lipinski definition) is 8. The Kier molecular flexibility index (Phi) is 8.78. The first-order valence-corrected chi connectivity index (χ1v) is 14.5. The average Bonchev–Trinajstić information content (AvgIpc) is 2.98. The van der Waals surface area contributed by atoms with Gasteiger partial charge >= 0.3 is 5.97 Å². The van der Waals surface area contributed by atoms with Crippen LogP contribution in [0.5, 0.6) is 5.75 Å². The van der Waals surface area contributed by atoms with E-state index in [0.717, 1.165) is 11.1 Å². The predicted molar refractivity (Wildman–Crippen MR) is 154 cm³/mol. The van der Waals surface area contributed by atoms with Gasteiger partial charge in [-0.05, 0) is 23.3 Å². The topological polar surface area (TPSA) is 94.2 Å². The zero-order chi connectivity index (χ0) is 28.1. The smallest absolute Gasteiger partial charge is 0.356 e. The highest BCUT2D eigenvalue weighted by atomic mass is 32.2. The van der Waals surface area contributed by atoms with Crippen molar-refractivity contribution in [3.8, 4) is 5.75 Å². The van der Waals surface area contributed by atoms with E-state index in [1.807, 2.05) is 78.9 Å². The van der Waals surface area contributed by atoms with Crippen LogP contribution < -0.4 is 10.1 Å². The first-order chi connectivity index (χ1) is 19.5. The number of benzene rings is 3. The first-order valence-electron chi connectivity index (χ1n) is 12.6. The normalized spacial score (nSPS) is 20.0. The van der Waals surface area contributed by atoms with E-state index in [-0.39, 0.29) is 23.5 Å². The van der Waals surface area contributed by atoms with E-state index in [9.17, 15) is 14.4 Å². The lowest BCUT2D eigenvalue weighted by Gasteiger charge is -2.50. The summed E-state index contributed by atoms with van der Waals surface area (Å²) in [6.07, 6.45) is -1.55. The molecule has 0 spiro atoms. The third kappa shape index (κ3) is 5.89. The lowest BCUT2D eigenvalue weighted by Crippen LogP contribution is -2.68. The molecule has 1 fully saturated rings. The molecule has 0 aromatic heterocycles. The fraction of sp³-hybridized carbons (Fsp3) is 0.233. The van der Waals surface area contributed by atoms with Gasteiger partial charge in [0.2, 0.25) is 12.0 Å². The number of methoxy groups -OCH3 is 1. The lowest BCUT2D eigenvalue weighted by atomic mass is 10.0. The molecule has 5 rings (SSSR count). The fourth-order valence-corrected chi connectivity index (χ4v) is 7.04. The summed E-state index contributed by atoms with van der Waals surface area (Å²) in [5, 5.41) is 1.76. The van der Waals surface area contributed by atoms with Gasteiger partial charge in [0.25, 0.3) is 5.91 Å². The van der Waals surface area contributed by atoms with Crippen molar-refractivity contribution in [1.82, 2.24) is 10.2 Å². The van der Waals surface area contributed by atoms with Crippen LogP contribution in [0.25, 0.3) is 0 Å². The summed E-state index contributed by atoms with van der Waals surface area (Å²) in [6.45, 7) is 1.41. The van der Waals surface area contributed by atoms with Gasteiger partial charge in [-0.3, -0.25) is 14.5 Å². The number of ether oxygens (including phenoxy) is 3. The second kappa shape index (κ2) is 12.6. The number of carbonyl (C=O) groups is 3. The minimum Gasteiger partial charge on any atom is -0.477 e. The maximum absolute atomic E-state index is 14.1. The van der Waals surface area contributed by atoms with Crippen LogP contribution >= 0.6 is 23.5 Å². The Morgan fingerprint density at radius 2 is 1.52 bits per heavy atom. The Morgan fingerprint density at radius 1 is 0.950 bits per heavy atom. The molecule has 1 saturated heterocycles. The van der Waals surface area contributed by atoms with Gasteiger partial charge in [0.15, 0.2) is 6.10 Å². The first kappa shape index (κ1) is 27.8. The molecule has 3 aromatic rings. The number of para-hydroxylation sites is 1. The number of nitrogens with one attached hydrogen (secondary N) is 1. The number of rotatable bonds is 10. The molecule has 0 aliphatic carbocycles. The largest absolute Gasteiger partial charge is 0.477 e. The van der Waals surface area contributed by atoms with Gasteiger partial charge in [-0.25, -0.2) is 4.79 Å². The highest BCUT2D eigenvalue weighted by Gasteiger charge is 2.58. The second-order valence-electron chi connectivity index (χ2n) is 9.04. The van der Waals surface area contributed by atoms with Crippen LogP contribution in [-0.4, -0.2) is 52.6 Å². The van der Waals surface area contributed by atoms with Crippen LogP contribution in [0.3, 0.4) is 0 Å². The molecule has 2 aliphatic rings. The highest BCUT2D eigenvalue weighted by Crippen LogP contribution is 2.48. The summed E-state index contributed by atoms with van der Waals surface area (Å²) in [5.74, 6) is -0.561. The zero-order valence-electron chi connectivity index (χ0n) is 21.9. The van der Waals surface area contributed by atoms with E-state index in [1.54, 1.807) is 12.1 Å². The van der Waals surface area contributed by atoms with Gasteiger partial charge in [-0.1, -0.05) is 90.6 Å². The highest BCUT2D eigenvalue weighted by molar-refractivity contribution is 8.06. The van der Waals surface area contributed by atoms with Crippen molar-refractivity contribution in [2.75, 3.05) is 13.0 Å². The van der Waals surface area contributed by atoms with Gasteiger partial charge in [-0.2, -0.15) is 0 Å². The molecule has 3 aromatic carbocycles. The van der Waals surface area contributed by atoms with Crippen molar-refractivity contribution in [3.05, 3.63) is 113 Å². The Morgan fingerprint density at radius 3 is 2.08 bits per heavy atom. The molecule has 3 atom stereocenters. The molecule has 8 nitrogen and oxygen atoms in total. The van der Waals surface area contributed by atoms with E-state index in [2.05, 4.69) is 5.32 Å². The number of β-lactam (4-membered cyclic amide) rings is 1. The van der Waals surface area contributed by atoms with Crippen molar-refractivity contribution in [3.63, 3.8) is 0 Å². The summed E-state index contributed by atoms with van der Waals surface area (Å²) >= 11 is 2.57. The summed E-state index contributed by atoms with van der Waals surface area (Å²) in [4.78, 5) is 41.7. The maximum atomic E-state index is 14.1. The lowest BCUT2D eigenvalue weighted by molar-refractivity contribution is -0.160. The Bertz CT molecular complexity index is 1350. The summed E-state index contributed by atoms with van der Waals surface area (Å²) in [7, 11) is 1.54. The number of hydrogen-bond donors (Lipinski definition) is 1. The molecule has 0 saturated carbocycles. The van der Waals surface area contributed by atoms with E-state index < -0.39 is 28.9 Å². The van der Waals surface area contributed by atoms with Crippen molar-refractivity contribution in [2.45, 2.75) is 29.9 Å². The van der Waals surface area contributed by atoms with Crippen molar-refractivity contribution in [1.29, 1.82) is 0 Å². The van der Waals surface area contributed by atoms with E-state index in [0.29, 0.717) is 10.7 Å². The van der Waals surface area contributed by atoms with Crippen LogP contribution in [0.15, 0.2) is 102 Å². The van der Waals surface area contributed by atoms with Crippen molar-refractivity contribution in [2.24, 2.45) is 0 Å². The molecule has 206 valence electrons.